The van der Waals surface area contributed by atoms with Crippen LogP contribution in [0.3, 0.4) is 0 Å². The molecule has 8 heteroatoms. The van der Waals surface area contributed by atoms with Gasteiger partial charge in [0, 0.05) is 31.3 Å². The summed E-state index contributed by atoms with van der Waals surface area (Å²) < 4.78 is 12.1. The molecule has 2 heterocycles. The second kappa shape index (κ2) is 11.1. The number of carbonyl (C=O) groups excluding carboxylic acids is 1. The van der Waals surface area contributed by atoms with Crippen molar-refractivity contribution in [2.45, 2.75) is 32.7 Å². The highest BCUT2D eigenvalue weighted by Gasteiger charge is 2.27. The van der Waals surface area contributed by atoms with Gasteiger partial charge in [0.15, 0.2) is 0 Å². The largest absolute Gasteiger partial charge is 0.497 e. The third-order valence-corrected chi connectivity index (χ3v) is 6.43. The molecule has 0 radical (unpaired) electrons. The van der Waals surface area contributed by atoms with Crippen molar-refractivity contribution in [2.24, 2.45) is 5.92 Å². The fraction of sp³-hybridized carbons (Fsp3) is 0.370. The summed E-state index contributed by atoms with van der Waals surface area (Å²) in [5.74, 6) is 1.92. The molecule has 0 saturated carbocycles. The summed E-state index contributed by atoms with van der Waals surface area (Å²) in [6.45, 7) is 3.78. The molecule has 1 aliphatic heterocycles. The molecule has 1 amide bonds. The highest BCUT2D eigenvalue weighted by molar-refractivity contribution is 5.79. The molecule has 1 atom stereocenters. The topological polar surface area (TPSA) is 85.7 Å². The highest BCUT2D eigenvalue weighted by Crippen LogP contribution is 2.25. The average Bonchev–Trinajstić information content (AvgIpc) is 2.92. The summed E-state index contributed by atoms with van der Waals surface area (Å²) in [4.78, 5) is 27.6. The SMILES string of the molecule is CCc1ccc(-n2nc(N3CCC[C@@H](C(=O)NCc4cc(OC)ccc4OC)C3)ccc2=O)cc1. The maximum atomic E-state index is 13.0. The summed E-state index contributed by atoms with van der Waals surface area (Å²) in [5, 5.41) is 7.67. The van der Waals surface area contributed by atoms with Crippen molar-refractivity contribution in [3.8, 4) is 17.2 Å². The maximum Gasteiger partial charge on any atom is 0.271 e. The van der Waals surface area contributed by atoms with E-state index >= 15 is 0 Å². The molecule has 3 aromatic rings. The Hall–Kier alpha value is -3.81. The Morgan fingerprint density at radius 1 is 1.09 bits per heavy atom. The van der Waals surface area contributed by atoms with Crippen LogP contribution < -0.4 is 25.2 Å². The Morgan fingerprint density at radius 3 is 2.60 bits per heavy atom. The van der Waals surface area contributed by atoms with Crippen molar-refractivity contribution in [1.29, 1.82) is 0 Å². The van der Waals surface area contributed by atoms with Crippen LogP contribution in [0.15, 0.2) is 59.4 Å². The van der Waals surface area contributed by atoms with Gasteiger partial charge in [-0.1, -0.05) is 19.1 Å². The molecule has 1 aromatic heterocycles. The van der Waals surface area contributed by atoms with Gasteiger partial charge in [0.25, 0.3) is 5.56 Å². The number of carbonyl (C=O) groups is 1. The number of methoxy groups -OCH3 is 2. The normalized spacial score (nSPS) is 15.5. The molecule has 0 bridgehead atoms. The zero-order valence-electron chi connectivity index (χ0n) is 20.5. The van der Waals surface area contributed by atoms with Crippen LogP contribution in [-0.4, -0.2) is 43.0 Å². The molecular weight excluding hydrogens is 444 g/mol. The summed E-state index contributed by atoms with van der Waals surface area (Å²) >= 11 is 0. The van der Waals surface area contributed by atoms with E-state index in [-0.39, 0.29) is 17.4 Å². The number of nitrogens with one attached hydrogen (secondary N) is 1. The van der Waals surface area contributed by atoms with Gasteiger partial charge in [-0.2, -0.15) is 4.68 Å². The lowest BCUT2D eigenvalue weighted by atomic mass is 9.97. The molecule has 0 unspecified atom stereocenters. The first-order valence-electron chi connectivity index (χ1n) is 12.0. The third-order valence-electron chi connectivity index (χ3n) is 6.43. The van der Waals surface area contributed by atoms with Crippen molar-refractivity contribution in [1.82, 2.24) is 15.1 Å². The minimum Gasteiger partial charge on any atom is -0.497 e. The Bertz CT molecular complexity index is 1220. The first-order chi connectivity index (χ1) is 17.0. The van der Waals surface area contributed by atoms with Crippen molar-refractivity contribution in [2.75, 3.05) is 32.2 Å². The maximum absolute atomic E-state index is 13.0. The molecule has 2 aromatic carbocycles. The predicted molar refractivity (Wildman–Crippen MR) is 136 cm³/mol. The van der Waals surface area contributed by atoms with E-state index in [1.807, 2.05) is 42.5 Å². The molecule has 0 aliphatic carbocycles. The Kier molecular flexibility index (Phi) is 7.70. The zero-order chi connectivity index (χ0) is 24.8. The van der Waals surface area contributed by atoms with Crippen LogP contribution in [0.5, 0.6) is 11.5 Å². The quantitative estimate of drug-likeness (QED) is 0.537. The molecular formula is C27H32N4O4. The second-order valence-corrected chi connectivity index (χ2v) is 8.64. The number of benzene rings is 2. The number of hydrogen-bond acceptors (Lipinski definition) is 6. The zero-order valence-corrected chi connectivity index (χ0v) is 20.5. The van der Waals surface area contributed by atoms with Gasteiger partial charge in [0.1, 0.15) is 17.3 Å². The molecule has 1 saturated heterocycles. The minimum absolute atomic E-state index is 0.0111. The highest BCUT2D eigenvalue weighted by atomic mass is 16.5. The Morgan fingerprint density at radius 2 is 1.89 bits per heavy atom. The minimum atomic E-state index is -0.184. The van der Waals surface area contributed by atoms with Crippen LogP contribution in [0.2, 0.25) is 0 Å². The number of aryl methyl sites for hydroxylation is 1. The standard InChI is InChI=1S/C27H32N4O4/c1-4-19-7-9-22(10-8-19)31-26(32)14-13-25(29-31)30-15-5-6-20(18-30)27(33)28-17-21-16-23(34-2)11-12-24(21)35-3/h7-14,16,20H,4-6,15,17-18H2,1-3H3,(H,28,33)/t20-/m1/s1. The van der Waals surface area contributed by atoms with Crippen LogP contribution in [0.1, 0.15) is 30.9 Å². The fourth-order valence-electron chi connectivity index (χ4n) is 4.37. The smallest absolute Gasteiger partial charge is 0.271 e. The van der Waals surface area contributed by atoms with Crippen LogP contribution in [0.25, 0.3) is 5.69 Å². The van der Waals surface area contributed by atoms with Crippen LogP contribution in [-0.2, 0) is 17.8 Å². The van der Waals surface area contributed by atoms with Crippen molar-refractivity contribution in [3.05, 3.63) is 76.1 Å². The van der Waals surface area contributed by atoms with Crippen LogP contribution in [0, 0.1) is 5.92 Å². The first kappa shape index (κ1) is 24.3. The van der Waals surface area contributed by atoms with Gasteiger partial charge in [-0.3, -0.25) is 9.59 Å². The van der Waals surface area contributed by atoms with Crippen molar-refractivity contribution >= 4 is 11.7 Å². The second-order valence-electron chi connectivity index (χ2n) is 8.64. The molecule has 1 aliphatic rings. The number of ether oxygens (including phenoxy) is 2. The first-order valence-corrected chi connectivity index (χ1v) is 12.0. The number of anilines is 1. The molecule has 1 fully saturated rings. The summed E-state index contributed by atoms with van der Waals surface area (Å²) in [7, 11) is 3.22. The summed E-state index contributed by atoms with van der Waals surface area (Å²) in [5.41, 5.74) is 2.61. The molecule has 184 valence electrons. The summed E-state index contributed by atoms with van der Waals surface area (Å²) in [6.07, 6.45) is 2.60. The molecule has 8 nitrogen and oxygen atoms in total. The summed E-state index contributed by atoms with van der Waals surface area (Å²) in [6, 6.07) is 16.6. The monoisotopic (exact) mass is 476 g/mol. The van der Waals surface area contributed by atoms with Gasteiger partial charge in [-0.25, -0.2) is 0 Å². The number of piperidine rings is 1. The van der Waals surface area contributed by atoms with Gasteiger partial charge in [-0.05, 0) is 61.2 Å². The lowest BCUT2D eigenvalue weighted by Crippen LogP contribution is -2.43. The third kappa shape index (κ3) is 5.65. The van der Waals surface area contributed by atoms with Gasteiger partial charge >= 0.3 is 0 Å². The van der Waals surface area contributed by atoms with E-state index in [9.17, 15) is 9.59 Å². The van der Waals surface area contributed by atoms with E-state index < -0.39 is 0 Å². The lowest BCUT2D eigenvalue weighted by molar-refractivity contribution is -0.125. The van der Waals surface area contributed by atoms with Gasteiger partial charge in [-0.15, -0.1) is 5.10 Å². The van der Waals surface area contributed by atoms with E-state index in [0.29, 0.717) is 30.4 Å². The fourth-order valence-corrected chi connectivity index (χ4v) is 4.37. The molecule has 35 heavy (non-hydrogen) atoms. The number of amides is 1. The number of rotatable bonds is 8. The molecule has 4 rings (SSSR count). The van der Waals surface area contributed by atoms with E-state index in [1.54, 1.807) is 20.3 Å². The van der Waals surface area contributed by atoms with E-state index in [1.165, 1.54) is 16.3 Å². The number of hydrogen-bond donors (Lipinski definition) is 1. The predicted octanol–water partition coefficient (Wildman–Crippen LogP) is 3.34. The van der Waals surface area contributed by atoms with Gasteiger partial charge < -0.3 is 19.7 Å². The van der Waals surface area contributed by atoms with Gasteiger partial charge in [0.05, 0.1) is 25.8 Å². The Labute approximate surface area is 205 Å². The van der Waals surface area contributed by atoms with Crippen LogP contribution in [0.4, 0.5) is 5.82 Å². The Balaban J connectivity index is 1.45. The molecule has 0 spiro atoms. The number of nitrogens with zero attached hydrogens (tertiary/aromatic N) is 3. The van der Waals surface area contributed by atoms with Crippen molar-refractivity contribution in [3.63, 3.8) is 0 Å². The number of aromatic nitrogens is 2. The van der Waals surface area contributed by atoms with E-state index in [4.69, 9.17) is 9.47 Å². The van der Waals surface area contributed by atoms with Crippen LogP contribution >= 0.6 is 0 Å². The average molecular weight is 477 g/mol. The van der Waals surface area contributed by atoms with Crippen molar-refractivity contribution < 1.29 is 14.3 Å². The van der Waals surface area contributed by atoms with Gasteiger partial charge in [0.2, 0.25) is 5.91 Å². The van der Waals surface area contributed by atoms with E-state index in [0.717, 1.165) is 37.1 Å². The lowest BCUT2D eigenvalue weighted by Gasteiger charge is -2.33. The molecule has 1 N–H and O–H groups in total. The van der Waals surface area contributed by atoms with E-state index in [2.05, 4.69) is 22.2 Å².